The number of aliphatic hydroxyl groups is 1. The van der Waals surface area contributed by atoms with Gasteiger partial charge in [0.05, 0.1) is 13.2 Å². The molecule has 8 nitrogen and oxygen atoms in total. The fraction of sp³-hybridized carbons (Fsp3) is 0.850. The molecule has 0 bridgehead atoms. The number of primary amides is 1. The molecule has 3 amide bonds. The highest BCUT2D eigenvalue weighted by Crippen LogP contribution is 2.43. The van der Waals surface area contributed by atoms with Crippen molar-refractivity contribution >= 4 is 17.7 Å². The second-order valence-corrected chi connectivity index (χ2v) is 8.54. The van der Waals surface area contributed by atoms with Crippen LogP contribution in [0.5, 0.6) is 0 Å². The van der Waals surface area contributed by atoms with E-state index < -0.39 is 17.4 Å². The van der Waals surface area contributed by atoms with E-state index in [9.17, 15) is 19.5 Å². The molecule has 0 aromatic heterocycles. The SMILES string of the molecule is NC(=O)C1(NC(=O)[C@@H](CC(=O)N2CCOCC2)CC2CCCCC2)C[C@H]1CO. The van der Waals surface area contributed by atoms with Crippen molar-refractivity contribution in [1.29, 1.82) is 0 Å². The molecule has 1 heterocycles. The molecule has 3 atom stereocenters. The van der Waals surface area contributed by atoms with E-state index in [1.54, 1.807) is 4.90 Å². The molecule has 0 aromatic rings. The molecule has 2 saturated carbocycles. The predicted octanol–water partition coefficient (Wildman–Crippen LogP) is 0.174. The van der Waals surface area contributed by atoms with Crippen molar-refractivity contribution in [2.75, 3.05) is 32.9 Å². The van der Waals surface area contributed by atoms with Gasteiger partial charge in [-0.05, 0) is 18.8 Å². The van der Waals surface area contributed by atoms with Crippen LogP contribution < -0.4 is 11.1 Å². The van der Waals surface area contributed by atoms with Gasteiger partial charge in [0, 0.05) is 38.0 Å². The second kappa shape index (κ2) is 9.22. The lowest BCUT2D eigenvalue weighted by Gasteiger charge is -2.30. The van der Waals surface area contributed by atoms with Crippen LogP contribution in [0.4, 0.5) is 0 Å². The Bertz CT molecular complexity index is 586. The predicted molar refractivity (Wildman–Crippen MR) is 102 cm³/mol. The smallest absolute Gasteiger partial charge is 0.243 e. The summed E-state index contributed by atoms with van der Waals surface area (Å²) in [7, 11) is 0. The van der Waals surface area contributed by atoms with Gasteiger partial charge in [0.1, 0.15) is 5.54 Å². The van der Waals surface area contributed by atoms with Crippen LogP contribution in [0.25, 0.3) is 0 Å². The average Bonchev–Trinajstić information content (AvgIpc) is 3.43. The van der Waals surface area contributed by atoms with Gasteiger partial charge in [-0.1, -0.05) is 32.1 Å². The lowest BCUT2D eigenvalue weighted by atomic mass is 9.81. The van der Waals surface area contributed by atoms with Gasteiger partial charge in [0.2, 0.25) is 17.7 Å². The Hall–Kier alpha value is -1.67. The lowest BCUT2D eigenvalue weighted by Crippen LogP contribution is -2.51. The largest absolute Gasteiger partial charge is 0.396 e. The molecule has 1 saturated heterocycles. The molecular formula is C20H33N3O5. The van der Waals surface area contributed by atoms with E-state index in [0.717, 1.165) is 25.7 Å². The fourth-order valence-corrected chi connectivity index (χ4v) is 4.65. The topological polar surface area (TPSA) is 122 Å². The van der Waals surface area contributed by atoms with E-state index in [4.69, 9.17) is 10.5 Å². The molecule has 3 fully saturated rings. The highest BCUT2D eigenvalue weighted by Gasteiger charge is 2.60. The van der Waals surface area contributed by atoms with Crippen molar-refractivity contribution in [1.82, 2.24) is 10.2 Å². The zero-order valence-corrected chi connectivity index (χ0v) is 16.5. The number of hydrogen-bond donors (Lipinski definition) is 3. The molecule has 3 rings (SSSR count). The first-order valence-corrected chi connectivity index (χ1v) is 10.5. The van der Waals surface area contributed by atoms with Crippen molar-refractivity contribution in [2.45, 2.75) is 56.9 Å². The van der Waals surface area contributed by atoms with Crippen molar-refractivity contribution in [3.8, 4) is 0 Å². The number of nitrogens with two attached hydrogens (primary N) is 1. The number of nitrogens with zero attached hydrogens (tertiary/aromatic N) is 1. The Morgan fingerprint density at radius 1 is 1.18 bits per heavy atom. The van der Waals surface area contributed by atoms with Gasteiger partial charge in [0.15, 0.2) is 0 Å². The van der Waals surface area contributed by atoms with E-state index in [-0.39, 0.29) is 30.8 Å². The summed E-state index contributed by atoms with van der Waals surface area (Å²) in [6.07, 6.45) is 6.86. The third-order valence-corrected chi connectivity index (χ3v) is 6.61. The Balaban J connectivity index is 1.66. The van der Waals surface area contributed by atoms with Crippen LogP contribution in [-0.2, 0) is 19.1 Å². The van der Waals surface area contributed by atoms with E-state index in [0.29, 0.717) is 45.1 Å². The van der Waals surface area contributed by atoms with Gasteiger partial charge in [0.25, 0.3) is 0 Å². The standard InChI is InChI=1S/C20H33N3O5/c21-19(27)20(12-16(20)13-24)22-18(26)15(10-14-4-2-1-3-5-14)11-17(25)23-6-8-28-9-7-23/h14-16,24H,1-13H2,(H2,21,27)(H,22,26)/t15-,16+,20?/m1/s1. The Morgan fingerprint density at radius 3 is 2.43 bits per heavy atom. The number of carbonyl (C=O) groups excluding carboxylic acids is 3. The Kier molecular flexibility index (Phi) is 6.93. The minimum absolute atomic E-state index is 0.0399. The molecular weight excluding hydrogens is 362 g/mol. The van der Waals surface area contributed by atoms with Gasteiger partial charge in [-0.2, -0.15) is 0 Å². The summed E-state index contributed by atoms with van der Waals surface area (Å²) in [5.74, 6) is -1.33. The summed E-state index contributed by atoms with van der Waals surface area (Å²) in [6.45, 7) is 1.95. The summed E-state index contributed by atoms with van der Waals surface area (Å²) in [4.78, 5) is 39.4. The van der Waals surface area contributed by atoms with E-state index >= 15 is 0 Å². The van der Waals surface area contributed by atoms with Crippen molar-refractivity contribution in [3.05, 3.63) is 0 Å². The van der Waals surface area contributed by atoms with Crippen molar-refractivity contribution < 1.29 is 24.2 Å². The number of nitrogens with one attached hydrogen (secondary N) is 1. The summed E-state index contributed by atoms with van der Waals surface area (Å²) in [5, 5.41) is 12.2. The molecule has 4 N–H and O–H groups in total. The van der Waals surface area contributed by atoms with Crippen LogP contribution in [0.1, 0.15) is 51.4 Å². The maximum atomic E-state index is 13.1. The molecule has 1 unspecified atom stereocenters. The number of carbonyl (C=O) groups is 3. The first kappa shape index (κ1) is 21.0. The van der Waals surface area contributed by atoms with Gasteiger partial charge >= 0.3 is 0 Å². The molecule has 0 aromatic carbocycles. The van der Waals surface area contributed by atoms with E-state index in [2.05, 4.69) is 5.32 Å². The Morgan fingerprint density at radius 2 is 1.86 bits per heavy atom. The number of ether oxygens (including phenoxy) is 1. The minimum atomic E-state index is -1.15. The third-order valence-electron chi connectivity index (χ3n) is 6.61. The highest BCUT2D eigenvalue weighted by molar-refractivity contribution is 5.95. The maximum absolute atomic E-state index is 13.1. The zero-order valence-electron chi connectivity index (χ0n) is 16.5. The van der Waals surface area contributed by atoms with Crippen LogP contribution in [0.3, 0.4) is 0 Å². The molecule has 0 radical (unpaired) electrons. The minimum Gasteiger partial charge on any atom is -0.396 e. The lowest BCUT2D eigenvalue weighted by molar-refractivity contribution is -0.140. The van der Waals surface area contributed by atoms with Crippen LogP contribution in [0.2, 0.25) is 0 Å². The molecule has 2 aliphatic carbocycles. The molecule has 28 heavy (non-hydrogen) atoms. The first-order chi connectivity index (χ1) is 13.5. The summed E-state index contributed by atoms with van der Waals surface area (Å²) >= 11 is 0. The summed E-state index contributed by atoms with van der Waals surface area (Å²) < 4.78 is 5.30. The molecule has 1 aliphatic heterocycles. The normalized spacial score (nSPS) is 29.2. The van der Waals surface area contributed by atoms with Crippen molar-refractivity contribution in [2.24, 2.45) is 23.5 Å². The zero-order chi connectivity index (χ0) is 20.1. The number of morpholine rings is 1. The first-order valence-electron chi connectivity index (χ1n) is 10.5. The van der Waals surface area contributed by atoms with Crippen molar-refractivity contribution in [3.63, 3.8) is 0 Å². The average molecular weight is 396 g/mol. The summed E-state index contributed by atoms with van der Waals surface area (Å²) in [6, 6.07) is 0. The van der Waals surface area contributed by atoms with Crippen LogP contribution >= 0.6 is 0 Å². The van der Waals surface area contributed by atoms with Gasteiger partial charge < -0.3 is 25.8 Å². The number of hydrogen-bond acceptors (Lipinski definition) is 5. The molecule has 3 aliphatic rings. The van der Waals surface area contributed by atoms with Gasteiger partial charge in [-0.25, -0.2) is 0 Å². The van der Waals surface area contributed by atoms with Crippen LogP contribution in [0, 0.1) is 17.8 Å². The van der Waals surface area contributed by atoms with Gasteiger partial charge in [-0.15, -0.1) is 0 Å². The molecule has 0 spiro atoms. The quantitative estimate of drug-likeness (QED) is 0.541. The van der Waals surface area contributed by atoms with E-state index in [1.807, 2.05) is 0 Å². The monoisotopic (exact) mass is 395 g/mol. The van der Waals surface area contributed by atoms with Crippen LogP contribution in [-0.4, -0.2) is 66.2 Å². The molecule has 8 heteroatoms. The number of amides is 3. The summed E-state index contributed by atoms with van der Waals surface area (Å²) in [5.41, 5.74) is 4.34. The van der Waals surface area contributed by atoms with Crippen LogP contribution in [0.15, 0.2) is 0 Å². The molecule has 158 valence electrons. The number of aliphatic hydroxyl groups excluding tert-OH is 1. The fourth-order valence-electron chi connectivity index (χ4n) is 4.65. The Labute approximate surface area is 166 Å². The highest BCUT2D eigenvalue weighted by atomic mass is 16.5. The van der Waals surface area contributed by atoms with E-state index in [1.165, 1.54) is 6.42 Å². The number of rotatable bonds is 8. The maximum Gasteiger partial charge on any atom is 0.243 e. The second-order valence-electron chi connectivity index (χ2n) is 8.54. The third kappa shape index (κ3) is 4.84. The van der Waals surface area contributed by atoms with Gasteiger partial charge in [-0.3, -0.25) is 14.4 Å².